The number of nitriles is 1. The van der Waals surface area contributed by atoms with Gasteiger partial charge in [-0.15, -0.1) is 20.4 Å². The summed E-state index contributed by atoms with van der Waals surface area (Å²) in [5, 5.41) is 39.8. The van der Waals surface area contributed by atoms with E-state index in [9.17, 15) is 22.8 Å². The molecule has 4 aromatic heterocycles. The zero-order valence-corrected chi connectivity index (χ0v) is 32.9. The second-order valence-corrected chi connectivity index (χ2v) is 13.1. The van der Waals surface area contributed by atoms with Crippen LogP contribution < -0.4 is 21.8 Å². The molecule has 0 saturated heterocycles. The molecular formula is C43H34F3N11O4. The minimum atomic E-state index is -1.61. The highest BCUT2D eigenvalue weighted by atomic mass is 19.2. The molecule has 15 nitrogen and oxygen atoms in total. The Bertz CT molecular complexity index is 2990. The summed E-state index contributed by atoms with van der Waals surface area (Å²) >= 11 is 0. The van der Waals surface area contributed by atoms with Gasteiger partial charge in [0, 0.05) is 61.6 Å². The molecule has 4 heterocycles. The van der Waals surface area contributed by atoms with Crippen molar-refractivity contribution in [2.75, 3.05) is 10.6 Å². The Kier molecular flexibility index (Phi) is 11.9. The standard InChI is InChI=1S/C22H18N6O2.C21H16F3N5O2/c1-3-28-22(29)20(24-17-11-9-15(13-23)10-12-17)18(21-26-25-14(2)30-21)19(27-28)16-7-5-4-6-8-16;1-3-29-21(30)19(25-13-9-14(22)17(24)15(23)10-13)16(20-27-26-11(2)31-20)18(28-29)12-7-5-4-6-8-12/h4-12,24H,3H2,1-2H3;4-10,25H,3H2,1-2H3. The largest absolute Gasteiger partial charge is 0.421 e. The van der Waals surface area contributed by atoms with Crippen LogP contribution in [0, 0.1) is 42.6 Å². The molecule has 0 unspecified atom stereocenters. The van der Waals surface area contributed by atoms with Crippen molar-refractivity contribution in [1.29, 1.82) is 5.26 Å². The maximum Gasteiger partial charge on any atom is 0.291 e. The normalized spacial score (nSPS) is 10.8. The van der Waals surface area contributed by atoms with E-state index < -0.39 is 23.0 Å². The van der Waals surface area contributed by atoms with E-state index in [1.54, 1.807) is 69.3 Å². The molecule has 306 valence electrons. The van der Waals surface area contributed by atoms with E-state index in [0.717, 1.165) is 17.7 Å². The van der Waals surface area contributed by atoms with Gasteiger partial charge in [0.25, 0.3) is 22.9 Å². The molecule has 0 fully saturated rings. The highest BCUT2D eigenvalue weighted by Gasteiger charge is 2.26. The predicted octanol–water partition coefficient (Wildman–Crippen LogP) is 8.35. The van der Waals surface area contributed by atoms with Crippen molar-refractivity contribution < 1.29 is 22.0 Å². The van der Waals surface area contributed by atoms with Crippen molar-refractivity contribution in [3.05, 3.63) is 153 Å². The summed E-state index contributed by atoms with van der Waals surface area (Å²) in [5.41, 5.74) is 3.24. The summed E-state index contributed by atoms with van der Waals surface area (Å²) in [7, 11) is 0. The van der Waals surface area contributed by atoms with Crippen LogP contribution in [0.3, 0.4) is 0 Å². The summed E-state index contributed by atoms with van der Waals surface area (Å²) in [6.07, 6.45) is 0. The number of nitrogens with zero attached hydrogens (tertiary/aromatic N) is 9. The topological polar surface area (TPSA) is 195 Å². The number of rotatable bonds is 10. The molecule has 8 rings (SSSR count). The van der Waals surface area contributed by atoms with E-state index in [4.69, 9.17) is 14.1 Å². The Morgan fingerprint density at radius 2 is 1.05 bits per heavy atom. The maximum atomic E-state index is 13.8. The fraction of sp³-hybridized carbons (Fsp3) is 0.140. The van der Waals surface area contributed by atoms with Crippen molar-refractivity contribution in [2.24, 2.45) is 0 Å². The average Bonchev–Trinajstić information content (AvgIpc) is 3.92. The van der Waals surface area contributed by atoms with Gasteiger partial charge >= 0.3 is 0 Å². The quantitative estimate of drug-likeness (QED) is 0.125. The lowest BCUT2D eigenvalue weighted by Gasteiger charge is -2.16. The minimum absolute atomic E-state index is 0.00485. The van der Waals surface area contributed by atoms with E-state index in [1.165, 1.54) is 9.36 Å². The summed E-state index contributed by atoms with van der Waals surface area (Å²) < 4.78 is 54.7. The van der Waals surface area contributed by atoms with Crippen molar-refractivity contribution in [3.63, 3.8) is 0 Å². The van der Waals surface area contributed by atoms with Gasteiger partial charge in [0.05, 0.1) is 22.8 Å². The summed E-state index contributed by atoms with van der Waals surface area (Å²) in [6, 6.07) is 28.9. The smallest absolute Gasteiger partial charge is 0.291 e. The fourth-order valence-electron chi connectivity index (χ4n) is 6.15. The second-order valence-electron chi connectivity index (χ2n) is 13.1. The summed E-state index contributed by atoms with van der Waals surface area (Å²) in [5.74, 6) is -3.57. The maximum absolute atomic E-state index is 13.8. The van der Waals surface area contributed by atoms with Crippen LogP contribution in [-0.4, -0.2) is 40.0 Å². The monoisotopic (exact) mass is 825 g/mol. The first-order valence-electron chi connectivity index (χ1n) is 18.7. The number of hydrogen-bond donors (Lipinski definition) is 2. The van der Waals surface area contributed by atoms with Crippen LogP contribution in [0.5, 0.6) is 0 Å². The molecule has 0 amide bonds. The third-order valence-electron chi connectivity index (χ3n) is 9.02. The van der Waals surface area contributed by atoms with Gasteiger partial charge in [-0.1, -0.05) is 60.7 Å². The van der Waals surface area contributed by atoms with E-state index in [2.05, 4.69) is 47.3 Å². The molecule has 0 aliphatic carbocycles. The summed E-state index contributed by atoms with van der Waals surface area (Å²) in [6.45, 7) is 7.46. The first kappa shape index (κ1) is 41.0. The van der Waals surface area contributed by atoms with E-state index in [1.807, 2.05) is 43.3 Å². The Hall–Kier alpha value is -8.20. The molecule has 0 aliphatic rings. The molecule has 4 aromatic carbocycles. The lowest BCUT2D eigenvalue weighted by molar-refractivity contribution is 0.448. The zero-order valence-electron chi connectivity index (χ0n) is 32.9. The molecule has 0 radical (unpaired) electrons. The van der Waals surface area contributed by atoms with Gasteiger partial charge in [-0.05, 0) is 38.1 Å². The lowest BCUT2D eigenvalue weighted by Crippen LogP contribution is -2.26. The van der Waals surface area contributed by atoms with E-state index >= 15 is 0 Å². The first-order valence-corrected chi connectivity index (χ1v) is 18.7. The van der Waals surface area contributed by atoms with Crippen LogP contribution in [0.4, 0.5) is 35.9 Å². The number of aryl methyl sites for hydroxylation is 4. The van der Waals surface area contributed by atoms with E-state index in [-0.39, 0.29) is 52.4 Å². The molecule has 8 aromatic rings. The van der Waals surface area contributed by atoms with Crippen molar-refractivity contribution >= 4 is 22.7 Å². The zero-order chi connectivity index (χ0) is 43.2. The molecule has 0 spiro atoms. The Morgan fingerprint density at radius 1 is 0.623 bits per heavy atom. The van der Waals surface area contributed by atoms with Crippen molar-refractivity contribution in [3.8, 4) is 51.5 Å². The van der Waals surface area contributed by atoms with Gasteiger partial charge in [0.15, 0.2) is 17.5 Å². The Labute approximate surface area is 344 Å². The molecule has 0 saturated carbocycles. The molecule has 2 N–H and O–H groups in total. The fourth-order valence-corrected chi connectivity index (χ4v) is 6.15. The SMILES string of the molecule is CCn1nc(-c2ccccc2)c(-c2nnc(C)o2)c(Nc2cc(F)c(F)c(F)c2)c1=O.CCn1nc(-c2ccccc2)c(-c2nnc(C)o2)c(Nc2ccc(C#N)cc2)c1=O. The van der Waals surface area contributed by atoms with Crippen LogP contribution >= 0.6 is 0 Å². The third kappa shape index (κ3) is 8.66. The Morgan fingerprint density at radius 3 is 1.43 bits per heavy atom. The predicted molar refractivity (Wildman–Crippen MR) is 219 cm³/mol. The lowest BCUT2D eigenvalue weighted by atomic mass is 10.0. The van der Waals surface area contributed by atoms with Gasteiger partial charge in [-0.2, -0.15) is 15.5 Å². The van der Waals surface area contributed by atoms with Gasteiger partial charge in [0.2, 0.25) is 11.8 Å². The average molecular weight is 826 g/mol. The number of nitrogens with one attached hydrogen (secondary N) is 2. The molecule has 61 heavy (non-hydrogen) atoms. The highest BCUT2D eigenvalue weighted by Crippen LogP contribution is 2.37. The number of benzene rings is 4. The van der Waals surface area contributed by atoms with Crippen LogP contribution in [0.25, 0.3) is 45.4 Å². The Balaban J connectivity index is 0.000000184. The van der Waals surface area contributed by atoms with Crippen molar-refractivity contribution in [1.82, 2.24) is 40.0 Å². The van der Waals surface area contributed by atoms with Crippen LogP contribution in [0.2, 0.25) is 0 Å². The molecule has 0 bridgehead atoms. The molecule has 0 aliphatic heterocycles. The van der Waals surface area contributed by atoms with Gasteiger partial charge < -0.3 is 19.5 Å². The number of hydrogen-bond acceptors (Lipinski definition) is 13. The summed E-state index contributed by atoms with van der Waals surface area (Å²) in [4.78, 5) is 26.3. The number of halogens is 3. The first-order chi connectivity index (χ1) is 29.5. The van der Waals surface area contributed by atoms with Crippen LogP contribution in [0.1, 0.15) is 31.2 Å². The highest BCUT2D eigenvalue weighted by molar-refractivity contribution is 5.88. The molecule has 0 atom stereocenters. The van der Waals surface area contributed by atoms with Crippen LogP contribution in [0.15, 0.2) is 115 Å². The minimum Gasteiger partial charge on any atom is -0.421 e. The van der Waals surface area contributed by atoms with Gasteiger partial charge in [-0.25, -0.2) is 22.5 Å². The molecule has 18 heteroatoms. The van der Waals surface area contributed by atoms with E-state index in [0.29, 0.717) is 46.2 Å². The number of aromatic nitrogens is 8. The van der Waals surface area contributed by atoms with Gasteiger partial charge in [0.1, 0.15) is 22.8 Å². The molecular weight excluding hydrogens is 792 g/mol. The van der Waals surface area contributed by atoms with Crippen LogP contribution in [-0.2, 0) is 13.1 Å². The number of anilines is 4. The third-order valence-corrected chi connectivity index (χ3v) is 9.02. The van der Waals surface area contributed by atoms with Crippen molar-refractivity contribution in [2.45, 2.75) is 40.8 Å². The van der Waals surface area contributed by atoms with Gasteiger partial charge in [-0.3, -0.25) is 9.59 Å². The second kappa shape index (κ2) is 17.7.